The second-order valence-electron chi connectivity index (χ2n) is 6.02. The van der Waals surface area contributed by atoms with Gasteiger partial charge >= 0.3 is 0 Å². The van der Waals surface area contributed by atoms with Crippen LogP contribution < -0.4 is 10.6 Å². The van der Waals surface area contributed by atoms with Gasteiger partial charge in [-0.1, -0.05) is 12.1 Å². The van der Waals surface area contributed by atoms with Gasteiger partial charge in [0.05, 0.1) is 6.04 Å². The van der Waals surface area contributed by atoms with E-state index in [1.807, 2.05) is 0 Å². The molecule has 5 heteroatoms. The number of hydrogen-bond acceptors (Lipinski definition) is 3. The highest BCUT2D eigenvalue weighted by molar-refractivity contribution is 5.82. The highest BCUT2D eigenvalue weighted by Crippen LogP contribution is 2.20. The first-order valence-electron chi connectivity index (χ1n) is 7.69. The third-order valence-electron chi connectivity index (χ3n) is 4.40. The summed E-state index contributed by atoms with van der Waals surface area (Å²) < 4.78 is 12.9. The second-order valence-corrected chi connectivity index (χ2v) is 6.02. The van der Waals surface area contributed by atoms with Gasteiger partial charge in [0.2, 0.25) is 5.91 Å². The van der Waals surface area contributed by atoms with Crippen LogP contribution in [0.1, 0.15) is 18.4 Å². The maximum absolute atomic E-state index is 12.9. The number of hydrogen-bond donors (Lipinski definition) is 2. The van der Waals surface area contributed by atoms with Crippen molar-refractivity contribution < 1.29 is 9.18 Å². The second kappa shape index (κ2) is 6.54. The summed E-state index contributed by atoms with van der Waals surface area (Å²) in [6.07, 6.45) is 1.96. The molecule has 2 heterocycles. The van der Waals surface area contributed by atoms with Gasteiger partial charge in [-0.2, -0.15) is 0 Å². The van der Waals surface area contributed by atoms with Gasteiger partial charge in [0.15, 0.2) is 0 Å². The predicted molar refractivity (Wildman–Crippen MR) is 79.2 cm³/mol. The summed E-state index contributed by atoms with van der Waals surface area (Å²) in [5.74, 6) is 0.506. The molecule has 21 heavy (non-hydrogen) atoms. The van der Waals surface area contributed by atoms with Crippen molar-refractivity contribution in [3.05, 3.63) is 35.6 Å². The minimum atomic E-state index is -0.219. The van der Waals surface area contributed by atoms with Crippen molar-refractivity contribution in [2.75, 3.05) is 26.2 Å². The summed E-state index contributed by atoms with van der Waals surface area (Å²) in [6, 6.07) is 6.50. The lowest BCUT2D eigenvalue weighted by Crippen LogP contribution is -2.51. The fourth-order valence-electron chi connectivity index (χ4n) is 2.99. The standard InChI is InChI=1S/C16H22FN3O/c17-14-5-3-12(4-6-14)11-20-7-1-2-15(20)16(21)19-10-13-8-18-9-13/h3-6,13,15,18H,1-2,7-11H2,(H,19,21). The van der Waals surface area contributed by atoms with E-state index < -0.39 is 0 Å². The zero-order valence-corrected chi connectivity index (χ0v) is 12.1. The van der Waals surface area contributed by atoms with Crippen LogP contribution in [0.5, 0.6) is 0 Å². The maximum Gasteiger partial charge on any atom is 0.237 e. The van der Waals surface area contributed by atoms with Crippen LogP contribution in [-0.4, -0.2) is 43.0 Å². The van der Waals surface area contributed by atoms with Crippen LogP contribution >= 0.6 is 0 Å². The Bertz CT molecular complexity index is 487. The molecule has 0 spiro atoms. The Kier molecular flexibility index (Phi) is 4.51. The molecule has 1 aromatic rings. The first-order chi connectivity index (χ1) is 10.2. The van der Waals surface area contributed by atoms with E-state index in [0.717, 1.165) is 44.6 Å². The molecule has 0 bridgehead atoms. The first kappa shape index (κ1) is 14.5. The quantitative estimate of drug-likeness (QED) is 0.855. The smallest absolute Gasteiger partial charge is 0.237 e. The number of carbonyl (C=O) groups excluding carboxylic acids is 1. The topological polar surface area (TPSA) is 44.4 Å². The molecule has 2 saturated heterocycles. The largest absolute Gasteiger partial charge is 0.354 e. The molecule has 0 aromatic heterocycles. The van der Waals surface area contributed by atoms with Gasteiger partial charge in [-0.05, 0) is 37.1 Å². The van der Waals surface area contributed by atoms with Crippen LogP contribution in [0.15, 0.2) is 24.3 Å². The van der Waals surface area contributed by atoms with Crippen LogP contribution in [0.4, 0.5) is 4.39 Å². The fourth-order valence-corrected chi connectivity index (χ4v) is 2.99. The van der Waals surface area contributed by atoms with Gasteiger partial charge in [-0.15, -0.1) is 0 Å². The van der Waals surface area contributed by atoms with Crippen molar-refractivity contribution in [3.63, 3.8) is 0 Å². The fraction of sp³-hybridized carbons (Fsp3) is 0.562. The number of nitrogens with zero attached hydrogens (tertiary/aromatic N) is 1. The lowest BCUT2D eigenvalue weighted by Gasteiger charge is -2.29. The lowest BCUT2D eigenvalue weighted by molar-refractivity contribution is -0.125. The number of rotatable bonds is 5. The molecule has 2 N–H and O–H groups in total. The number of likely N-dealkylation sites (tertiary alicyclic amines) is 1. The molecular formula is C16H22FN3O. The first-order valence-corrected chi connectivity index (χ1v) is 7.69. The normalized spacial score (nSPS) is 23.0. The molecule has 0 saturated carbocycles. The van der Waals surface area contributed by atoms with Crippen LogP contribution in [0.2, 0.25) is 0 Å². The lowest BCUT2D eigenvalue weighted by atomic mass is 10.0. The van der Waals surface area contributed by atoms with Gasteiger partial charge < -0.3 is 10.6 Å². The Morgan fingerprint density at radius 3 is 2.76 bits per heavy atom. The molecule has 2 aliphatic heterocycles. The van der Waals surface area contributed by atoms with Crippen molar-refractivity contribution in [2.24, 2.45) is 5.92 Å². The van der Waals surface area contributed by atoms with Crippen molar-refractivity contribution in [1.82, 2.24) is 15.5 Å². The summed E-state index contributed by atoms with van der Waals surface area (Å²) in [6.45, 7) is 4.42. The molecule has 1 amide bonds. The van der Waals surface area contributed by atoms with Crippen LogP contribution in [0, 0.1) is 11.7 Å². The van der Waals surface area contributed by atoms with E-state index in [1.165, 1.54) is 12.1 Å². The van der Waals surface area contributed by atoms with E-state index in [1.54, 1.807) is 12.1 Å². The maximum atomic E-state index is 12.9. The third-order valence-corrected chi connectivity index (χ3v) is 4.40. The van der Waals surface area contributed by atoms with E-state index in [2.05, 4.69) is 15.5 Å². The van der Waals surface area contributed by atoms with Crippen molar-refractivity contribution in [3.8, 4) is 0 Å². The summed E-state index contributed by atoms with van der Waals surface area (Å²) in [5.41, 5.74) is 1.05. The van der Waals surface area contributed by atoms with E-state index >= 15 is 0 Å². The number of benzene rings is 1. The Morgan fingerprint density at radius 2 is 2.10 bits per heavy atom. The molecule has 1 unspecified atom stereocenters. The average Bonchev–Trinajstić information content (AvgIpc) is 2.88. The number of amides is 1. The van der Waals surface area contributed by atoms with Crippen molar-refractivity contribution in [2.45, 2.75) is 25.4 Å². The Labute approximate surface area is 124 Å². The van der Waals surface area contributed by atoms with Crippen molar-refractivity contribution in [1.29, 1.82) is 0 Å². The molecule has 0 aliphatic carbocycles. The molecule has 4 nitrogen and oxygen atoms in total. The highest BCUT2D eigenvalue weighted by Gasteiger charge is 2.31. The van der Waals surface area contributed by atoms with E-state index in [9.17, 15) is 9.18 Å². The van der Waals surface area contributed by atoms with E-state index in [-0.39, 0.29) is 17.8 Å². The van der Waals surface area contributed by atoms with Gasteiger partial charge in [0.25, 0.3) is 0 Å². The van der Waals surface area contributed by atoms with Gasteiger partial charge in [-0.25, -0.2) is 4.39 Å². The van der Waals surface area contributed by atoms with E-state index in [0.29, 0.717) is 12.5 Å². The molecule has 1 atom stereocenters. The monoisotopic (exact) mass is 291 g/mol. The molecule has 114 valence electrons. The third kappa shape index (κ3) is 3.60. The zero-order chi connectivity index (χ0) is 14.7. The van der Waals surface area contributed by atoms with Crippen LogP contribution in [0.25, 0.3) is 0 Å². The molecule has 1 aromatic carbocycles. The zero-order valence-electron chi connectivity index (χ0n) is 12.1. The highest BCUT2D eigenvalue weighted by atomic mass is 19.1. The molecule has 3 rings (SSSR count). The summed E-state index contributed by atoms with van der Waals surface area (Å²) in [4.78, 5) is 14.5. The Hall–Kier alpha value is -1.46. The Morgan fingerprint density at radius 1 is 1.33 bits per heavy atom. The molecule has 0 radical (unpaired) electrons. The number of carbonyl (C=O) groups is 1. The summed E-state index contributed by atoms with van der Waals surface area (Å²) >= 11 is 0. The molecule has 2 aliphatic rings. The van der Waals surface area contributed by atoms with Gasteiger partial charge in [-0.3, -0.25) is 9.69 Å². The SMILES string of the molecule is O=C(NCC1CNC1)C1CCCN1Cc1ccc(F)cc1. The summed E-state index contributed by atoms with van der Waals surface area (Å²) in [7, 11) is 0. The molecule has 2 fully saturated rings. The average molecular weight is 291 g/mol. The van der Waals surface area contributed by atoms with E-state index in [4.69, 9.17) is 0 Å². The molecular weight excluding hydrogens is 269 g/mol. The van der Waals surface area contributed by atoms with Gasteiger partial charge in [0, 0.05) is 32.1 Å². The Balaban J connectivity index is 1.53. The minimum Gasteiger partial charge on any atom is -0.354 e. The number of nitrogens with one attached hydrogen (secondary N) is 2. The predicted octanol–water partition coefficient (Wildman–Crippen LogP) is 1.13. The van der Waals surface area contributed by atoms with Gasteiger partial charge in [0.1, 0.15) is 5.82 Å². The van der Waals surface area contributed by atoms with Crippen LogP contribution in [0.3, 0.4) is 0 Å². The van der Waals surface area contributed by atoms with Crippen LogP contribution in [-0.2, 0) is 11.3 Å². The van der Waals surface area contributed by atoms with Crippen molar-refractivity contribution >= 4 is 5.91 Å². The minimum absolute atomic E-state index is 0.0388. The summed E-state index contributed by atoms with van der Waals surface area (Å²) in [5, 5.41) is 6.28. The number of halogens is 1.